The van der Waals surface area contributed by atoms with E-state index in [-0.39, 0.29) is 23.9 Å². The van der Waals surface area contributed by atoms with Crippen molar-refractivity contribution in [2.45, 2.75) is 57.0 Å². The lowest BCUT2D eigenvalue weighted by Crippen LogP contribution is -2.48. The summed E-state index contributed by atoms with van der Waals surface area (Å²) in [5.74, 6) is 0.465. The minimum Gasteiger partial charge on any atom is -0.368 e. The summed E-state index contributed by atoms with van der Waals surface area (Å²) >= 11 is 0. The lowest BCUT2D eigenvalue weighted by Gasteiger charge is -2.36. The van der Waals surface area contributed by atoms with E-state index >= 15 is 0 Å². The summed E-state index contributed by atoms with van der Waals surface area (Å²) in [5.41, 5.74) is 6.60. The van der Waals surface area contributed by atoms with Gasteiger partial charge in [-0.1, -0.05) is 43.2 Å². The molecule has 136 valence electrons. The fraction of sp³-hybridized carbons (Fsp3) is 0.600. The van der Waals surface area contributed by atoms with Crippen LogP contribution in [0.15, 0.2) is 30.3 Å². The van der Waals surface area contributed by atoms with Crippen LogP contribution in [0.3, 0.4) is 0 Å². The van der Waals surface area contributed by atoms with E-state index in [1.165, 1.54) is 25.7 Å². The zero-order chi connectivity index (χ0) is 17.6. The highest BCUT2D eigenvalue weighted by molar-refractivity contribution is 5.81. The molecule has 2 aliphatic rings. The number of nitrogens with zero attached hydrogens (tertiary/aromatic N) is 1. The minimum absolute atomic E-state index is 0.194. The molecular weight excluding hydrogens is 314 g/mol. The van der Waals surface area contributed by atoms with E-state index in [2.05, 4.69) is 10.2 Å². The van der Waals surface area contributed by atoms with Crippen molar-refractivity contribution in [2.24, 2.45) is 11.7 Å². The first-order valence-corrected chi connectivity index (χ1v) is 9.51. The second-order valence-electron chi connectivity index (χ2n) is 7.45. The average Bonchev–Trinajstić information content (AvgIpc) is 3.10. The number of piperidine rings is 1. The largest absolute Gasteiger partial charge is 0.368 e. The molecule has 2 fully saturated rings. The first-order valence-electron chi connectivity index (χ1n) is 9.51. The van der Waals surface area contributed by atoms with Gasteiger partial charge in [0.05, 0.1) is 0 Å². The Kier molecular flexibility index (Phi) is 6.08. The Morgan fingerprint density at radius 1 is 1.08 bits per heavy atom. The third kappa shape index (κ3) is 4.82. The highest BCUT2D eigenvalue weighted by atomic mass is 16.2. The van der Waals surface area contributed by atoms with Crippen molar-refractivity contribution in [1.29, 1.82) is 0 Å². The highest BCUT2D eigenvalue weighted by Crippen LogP contribution is 2.28. The maximum absolute atomic E-state index is 12.2. The average molecular weight is 343 g/mol. The predicted octanol–water partition coefficient (Wildman–Crippen LogP) is 2.37. The summed E-state index contributed by atoms with van der Waals surface area (Å²) < 4.78 is 0. The first kappa shape index (κ1) is 17.9. The Morgan fingerprint density at radius 3 is 2.32 bits per heavy atom. The van der Waals surface area contributed by atoms with Gasteiger partial charge in [0.2, 0.25) is 11.8 Å². The first-order chi connectivity index (χ1) is 12.1. The van der Waals surface area contributed by atoms with Gasteiger partial charge in [0.1, 0.15) is 6.04 Å². The molecule has 3 N–H and O–H groups in total. The van der Waals surface area contributed by atoms with E-state index in [1.54, 1.807) is 0 Å². The molecule has 1 atom stereocenters. The van der Waals surface area contributed by atoms with Gasteiger partial charge in [-0.3, -0.25) is 14.5 Å². The number of carbonyl (C=O) groups is 2. The molecular formula is C20H29N3O2. The molecule has 0 aromatic heterocycles. The van der Waals surface area contributed by atoms with Gasteiger partial charge in [-0.05, 0) is 37.2 Å². The smallest absolute Gasteiger partial charge is 0.239 e. The van der Waals surface area contributed by atoms with Crippen LogP contribution in [-0.2, 0) is 9.59 Å². The second kappa shape index (κ2) is 8.48. The van der Waals surface area contributed by atoms with Crippen LogP contribution in [0.5, 0.6) is 0 Å². The molecule has 1 unspecified atom stereocenters. The number of nitrogens with two attached hydrogens (primary N) is 1. The number of amides is 2. The van der Waals surface area contributed by atoms with E-state index in [0.717, 1.165) is 31.5 Å². The fourth-order valence-corrected chi connectivity index (χ4v) is 4.26. The number of primary amides is 1. The summed E-state index contributed by atoms with van der Waals surface area (Å²) in [6.45, 7) is 1.55. The van der Waals surface area contributed by atoms with Crippen LogP contribution < -0.4 is 11.1 Å². The van der Waals surface area contributed by atoms with Crippen LogP contribution >= 0.6 is 0 Å². The van der Waals surface area contributed by atoms with Crippen LogP contribution in [0.25, 0.3) is 0 Å². The number of benzene rings is 1. The predicted molar refractivity (Wildman–Crippen MR) is 97.7 cm³/mol. The number of rotatable bonds is 6. The molecule has 3 rings (SSSR count). The highest BCUT2D eigenvalue weighted by Gasteiger charge is 2.30. The number of hydrogen-bond acceptors (Lipinski definition) is 3. The zero-order valence-corrected chi connectivity index (χ0v) is 14.8. The molecule has 0 bridgehead atoms. The van der Waals surface area contributed by atoms with Crippen molar-refractivity contribution in [3.63, 3.8) is 0 Å². The quantitative estimate of drug-likeness (QED) is 0.833. The van der Waals surface area contributed by atoms with Gasteiger partial charge in [0.25, 0.3) is 0 Å². The normalized spacial score (nSPS) is 21.1. The topological polar surface area (TPSA) is 75.4 Å². The Balaban J connectivity index is 1.50. The molecule has 0 radical (unpaired) electrons. The van der Waals surface area contributed by atoms with Gasteiger partial charge < -0.3 is 11.1 Å². The zero-order valence-electron chi connectivity index (χ0n) is 14.8. The third-order valence-corrected chi connectivity index (χ3v) is 5.59. The molecule has 1 aromatic carbocycles. The Bertz CT molecular complexity index is 576. The number of likely N-dealkylation sites (tertiary alicyclic amines) is 1. The van der Waals surface area contributed by atoms with Crippen molar-refractivity contribution in [3.8, 4) is 0 Å². The maximum Gasteiger partial charge on any atom is 0.239 e. The van der Waals surface area contributed by atoms with Gasteiger partial charge in [0.15, 0.2) is 0 Å². The van der Waals surface area contributed by atoms with Crippen molar-refractivity contribution < 1.29 is 9.59 Å². The Morgan fingerprint density at radius 2 is 1.72 bits per heavy atom. The van der Waals surface area contributed by atoms with Crippen molar-refractivity contribution in [2.75, 3.05) is 13.1 Å². The molecule has 0 spiro atoms. The lowest BCUT2D eigenvalue weighted by atomic mass is 9.98. The summed E-state index contributed by atoms with van der Waals surface area (Å²) in [6.07, 6.45) is 7.34. The SMILES string of the molecule is NC(=O)C(c1ccccc1)N1CCC(NC(=O)CC2CCCC2)CC1. The van der Waals surface area contributed by atoms with Crippen molar-refractivity contribution >= 4 is 11.8 Å². The molecule has 1 aromatic rings. The second-order valence-corrected chi connectivity index (χ2v) is 7.45. The molecule has 2 amide bonds. The van der Waals surface area contributed by atoms with Gasteiger partial charge >= 0.3 is 0 Å². The molecule has 5 nitrogen and oxygen atoms in total. The number of hydrogen-bond donors (Lipinski definition) is 2. The van der Waals surface area contributed by atoms with Gasteiger partial charge in [0, 0.05) is 25.6 Å². The van der Waals surface area contributed by atoms with E-state index in [1.807, 2.05) is 30.3 Å². The molecule has 1 aliphatic carbocycles. The van der Waals surface area contributed by atoms with E-state index < -0.39 is 0 Å². The van der Waals surface area contributed by atoms with Crippen LogP contribution in [0, 0.1) is 5.92 Å². The van der Waals surface area contributed by atoms with Gasteiger partial charge in [-0.15, -0.1) is 0 Å². The Labute approximate surface area is 150 Å². The van der Waals surface area contributed by atoms with Gasteiger partial charge in [-0.25, -0.2) is 0 Å². The van der Waals surface area contributed by atoms with Gasteiger partial charge in [-0.2, -0.15) is 0 Å². The molecule has 5 heteroatoms. The van der Waals surface area contributed by atoms with Crippen LogP contribution in [0.1, 0.15) is 56.6 Å². The Hall–Kier alpha value is -1.88. The minimum atomic E-state index is -0.378. The lowest BCUT2D eigenvalue weighted by molar-refractivity contribution is -0.125. The molecule has 25 heavy (non-hydrogen) atoms. The summed E-state index contributed by atoms with van der Waals surface area (Å²) in [7, 11) is 0. The molecule has 1 saturated carbocycles. The summed E-state index contributed by atoms with van der Waals surface area (Å²) in [6, 6.07) is 9.54. The van der Waals surface area contributed by atoms with Crippen LogP contribution in [-0.4, -0.2) is 35.8 Å². The van der Waals surface area contributed by atoms with Crippen molar-refractivity contribution in [3.05, 3.63) is 35.9 Å². The van der Waals surface area contributed by atoms with Crippen LogP contribution in [0.4, 0.5) is 0 Å². The standard InChI is InChI=1S/C20H29N3O2/c21-20(25)19(16-8-2-1-3-9-16)23-12-10-17(11-13-23)22-18(24)14-15-6-4-5-7-15/h1-3,8-9,15,17,19H,4-7,10-14H2,(H2,21,25)(H,22,24). The molecule has 1 aliphatic heterocycles. The maximum atomic E-state index is 12.2. The monoisotopic (exact) mass is 343 g/mol. The van der Waals surface area contributed by atoms with E-state index in [4.69, 9.17) is 5.73 Å². The van der Waals surface area contributed by atoms with E-state index in [9.17, 15) is 9.59 Å². The fourth-order valence-electron chi connectivity index (χ4n) is 4.26. The molecule has 1 saturated heterocycles. The van der Waals surface area contributed by atoms with E-state index in [0.29, 0.717) is 12.3 Å². The molecule has 1 heterocycles. The summed E-state index contributed by atoms with van der Waals surface area (Å²) in [5, 5.41) is 3.19. The summed E-state index contributed by atoms with van der Waals surface area (Å²) in [4.78, 5) is 26.3. The third-order valence-electron chi connectivity index (χ3n) is 5.59. The van der Waals surface area contributed by atoms with Crippen LogP contribution in [0.2, 0.25) is 0 Å². The van der Waals surface area contributed by atoms with Crippen molar-refractivity contribution in [1.82, 2.24) is 10.2 Å². The number of carbonyl (C=O) groups excluding carboxylic acids is 2. The number of nitrogens with one attached hydrogen (secondary N) is 1.